The molecule has 2 N–H and O–H groups in total. The SMILES string of the molecule is CN1[C@@H]2CCC[C@H]1C[C@H](NC(=O)c1nn(S(C)(=O)=O)c3ccccc13)C2.O=C(O[C@@H]1C[C@H]2CC[C@@H](C1)N2)c1cn(CC(F)F)c2ccccc12. The van der Waals surface area contributed by atoms with Crippen LogP contribution in [0.5, 0.6) is 0 Å². The summed E-state index contributed by atoms with van der Waals surface area (Å²) in [6.07, 6.45) is 9.42. The van der Waals surface area contributed by atoms with Gasteiger partial charge in [-0.3, -0.25) is 4.79 Å². The maximum absolute atomic E-state index is 12.9. The van der Waals surface area contributed by atoms with Gasteiger partial charge in [-0.15, -0.1) is 0 Å². The van der Waals surface area contributed by atoms with Gasteiger partial charge in [0, 0.05) is 52.7 Å². The second-order valence-electron chi connectivity index (χ2n) is 14.3. The van der Waals surface area contributed by atoms with Gasteiger partial charge < -0.3 is 24.8 Å². The number of hydrogen-bond donors (Lipinski definition) is 2. The topological polar surface area (TPSA) is 128 Å². The molecule has 4 bridgehead atoms. The number of halogens is 2. The first-order valence-corrected chi connectivity index (χ1v) is 19.3. The number of rotatable bonds is 7. The predicted molar refractivity (Wildman–Crippen MR) is 186 cm³/mol. The van der Waals surface area contributed by atoms with Crippen molar-refractivity contribution >= 4 is 43.7 Å². The van der Waals surface area contributed by atoms with Gasteiger partial charge in [-0.2, -0.15) is 9.19 Å². The second-order valence-corrected chi connectivity index (χ2v) is 16.1. The Labute approximate surface area is 290 Å². The van der Waals surface area contributed by atoms with Gasteiger partial charge in [-0.1, -0.05) is 42.8 Å². The van der Waals surface area contributed by atoms with Crippen LogP contribution in [0.4, 0.5) is 8.78 Å². The number of amides is 1. The highest BCUT2D eigenvalue weighted by molar-refractivity contribution is 7.89. The fourth-order valence-electron chi connectivity index (χ4n) is 8.47. The Balaban J connectivity index is 0.000000157. The van der Waals surface area contributed by atoms with E-state index in [1.54, 1.807) is 48.5 Å². The maximum atomic E-state index is 12.9. The molecule has 4 aliphatic rings. The lowest BCUT2D eigenvalue weighted by molar-refractivity contribution is 0.0178. The lowest BCUT2D eigenvalue weighted by Gasteiger charge is -2.47. The highest BCUT2D eigenvalue weighted by Gasteiger charge is 2.38. The van der Waals surface area contributed by atoms with Crippen molar-refractivity contribution < 1.29 is 31.5 Å². The number of nitrogens with one attached hydrogen (secondary N) is 2. The van der Waals surface area contributed by atoms with E-state index in [0.29, 0.717) is 51.5 Å². The van der Waals surface area contributed by atoms with Crippen LogP contribution in [0.2, 0.25) is 0 Å². The molecule has 14 heteroatoms. The molecule has 2 aromatic heterocycles. The Morgan fingerprint density at radius 1 is 0.940 bits per heavy atom. The van der Waals surface area contributed by atoms with Crippen LogP contribution in [0.3, 0.4) is 0 Å². The summed E-state index contributed by atoms with van der Waals surface area (Å²) >= 11 is 0. The molecule has 4 aliphatic heterocycles. The van der Waals surface area contributed by atoms with Crippen LogP contribution in [-0.2, 0) is 21.3 Å². The molecule has 8 rings (SSSR count). The molecule has 4 saturated heterocycles. The van der Waals surface area contributed by atoms with Crippen LogP contribution in [0.1, 0.15) is 78.6 Å². The number of esters is 1. The van der Waals surface area contributed by atoms with Crippen molar-refractivity contribution in [1.82, 2.24) is 29.3 Å². The summed E-state index contributed by atoms with van der Waals surface area (Å²) in [5, 5.41) is 12.0. The van der Waals surface area contributed by atoms with Gasteiger partial charge in [-0.05, 0) is 70.5 Å². The second kappa shape index (κ2) is 14.0. The number of fused-ring (bicyclic) bond motifs is 6. The average Bonchev–Trinajstić information content (AvgIpc) is 3.74. The zero-order chi connectivity index (χ0) is 35.2. The standard InChI is InChI=1S/C18H20F2N2O2.C18H24N4O3S/c19-17(20)10-22-9-15(14-3-1-2-4-16(14)22)18(23)24-13-7-11-5-6-12(8-13)21-11;1-21-13-6-5-7-14(21)11-12(10-13)19-18(23)17-15-8-3-4-9-16(15)22(20-17)26(2,24)25/h1-4,9,11-13,17,21H,5-8,10H2;3-4,8-9,12-14H,5-7,10-11H2,1-2H3,(H,19,23)/t11-,12+,13-;12-,13-,14+. The maximum Gasteiger partial charge on any atom is 0.340 e. The van der Waals surface area contributed by atoms with Gasteiger partial charge in [0.15, 0.2) is 5.69 Å². The Bertz CT molecular complexity index is 1970. The Morgan fingerprint density at radius 3 is 2.20 bits per heavy atom. The van der Waals surface area contributed by atoms with Gasteiger partial charge in [0.05, 0.1) is 23.9 Å². The van der Waals surface area contributed by atoms with E-state index >= 15 is 0 Å². The number of benzene rings is 2. The minimum atomic E-state index is -3.58. The normalized spacial score (nSPS) is 26.5. The summed E-state index contributed by atoms with van der Waals surface area (Å²) in [5.74, 6) is -0.707. The van der Waals surface area contributed by atoms with Crippen molar-refractivity contribution in [1.29, 1.82) is 0 Å². The van der Waals surface area contributed by atoms with Crippen LogP contribution in [0, 0.1) is 0 Å². The lowest BCUT2D eigenvalue weighted by atomic mass is 9.82. The fraction of sp³-hybridized carbons (Fsp3) is 0.528. The van der Waals surface area contributed by atoms with E-state index in [0.717, 1.165) is 48.9 Å². The molecule has 0 saturated carbocycles. The third kappa shape index (κ3) is 7.15. The summed E-state index contributed by atoms with van der Waals surface area (Å²) in [7, 11) is -1.40. The highest BCUT2D eigenvalue weighted by Crippen LogP contribution is 2.33. The minimum Gasteiger partial charge on any atom is -0.459 e. The van der Waals surface area contributed by atoms with Gasteiger partial charge >= 0.3 is 5.97 Å². The van der Waals surface area contributed by atoms with Gasteiger partial charge in [0.25, 0.3) is 22.4 Å². The average molecular weight is 711 g/mol. The molecule has 268 valence electrons. The third-order valence-electron chi connectivity index (χ3n) is 10.8. The molecule has 6 heterocycles. The number of aromatic nitrogens is 3. The molecule has 0 spiro atoms. The van der Waals surface area contributed by atoms with E-state index in [1.807, 2.05) is 0 Å². The summed E-state index contributed by atoms with van der Waals surface area (Å²) in [6, 6.07) is 16.0. The highest BCUT2D eigenvalue weighted by atomic mass is 32.2. The minimum absolute atomic E-state index is 0.0894. The molecule has 11 nitrogen and oxygen atoms in total. The van der Waals surface area contributed by atoms with Crippen molar-refractivity contribution in [3.63, 3.8) is 0 Å². The summed E-state index contributed by atoms with van der Waals surface area (Å²) in [5.41, 5.74) is 1.61. The van der Waals surface area contributed by atoms with E-state index in [4.69, 9.17) is 4.74 Å². The molecule has 6 atom stereocenters. The van der Waals surface area contributed by atoms with Crippen LogP contribution in [-0.4, -0.2) is 95.0 Å². The number of piperidine rings is 3. The number of carbonyl (C=O) groups excluding carboxylic acids is 2. The first-order chi connectivity index (χ1) is 23.9. The van der Waals surface area contributed by atoms with Gasteiger partial charge in [0.2, 0.25) is 0 Å². The molecule has 4 aromatic rings. The zero-order valence-electron chi connectivity index (χ0n) is 28.3. The third-order valence-corrected chi connectivity index (χ3v) is 11.7. The zero-order valence-corrected chi connectivity index (χ0v) is 29.1. The first-order valence-electron chi connectivity index (χ1n) is 17.5. The first kappa shape index (κ1) is 34.6. The summed E-state index contributed by atoms with van der Waals surface area (Å²) < 4.78 is 57.7. The monoisotopic (exact) mass is 710 g/mol. The van der Waals surface area contributed by atoms with E-state index in [9.17, 15) is 26.8 Å². The molecule has 0 radical (unpaired) electrons. The Morgan fingerprint density at radius 2 is 1.56 bits per heavy atom. The molecule has 50 heavy (non-hydrogen) atoms. The molecule has 1 amide bonds. The lowest BCUT2D eigenvalue weighted by Crippen LogP contribution is -2.55. The van der Waals surface area contributed by atoms with Gasteiger partial charge in [0.1, 0.15) is 6.10 Å². The number of ether oxygens (including phenoxy) is 1. The van der Waals surface area contributed by atoms with E-state index < -0.39 is 29.0 Å². The van der Waals surface area contributed by atoms with E-state index in [1.165, 1.54) is 30.0 Å². The van der Waals surface area contributed by atoms with E-state index in [2.05, 4.69) is 27.7 Å². The Hall–Kier alpha value is -3.88. The smallest absolute Gasteiger partial charge is 0.340 e. The van der Waals surface area contributed by atoms with Crippen molar-refractivity contribution in [3.05, 3.63) is 66.0 Å². The number of nitrogens with zero attached hydrogens (tertiary/aromatic N) is 4. The van der Waals surface area contributed by atoms with Crippen molar-refractivity contribution in [3.8, 4) is 0 Å². The molecular weight excluding hydrogens is 666 g/mol. The molecule has 0 aliphatic carbocycles. The summed E-state index contributed by atoms with van der Waals surface area (Å²) in [6.45, 7) is -0.425. The molecular formula is C36H44F2N6O5S. The van der Waals surface area contributed by atoms with Crippen LogP contribution in [0.25, 0.3) is 21.8 Å². The van der Waals surface area contributed by atoms with Crippen molar-refractivity contribution in [2.24, 2.45) is 0 Å². The number of carbonyl (C=O) groups is 2. The van der Waals surface area contributed by atoms with Gasteiger partial charge in [-0.25, -0.2) is 22.0 Å². The quantitative estimate of drug-likeness (QED) is 0.259. The number of alkyl halides is 2. The summed E-state index contributed by atoms with van der Waals surface area (Å²) in [4.78, 5) is 27.9. The van der Waals surface area contributed by atoms with E-state index in [-0.39, 0.29) is 23.7 Å². The van der Waals surface area contributed by atoms with Crippen LogP contribution < -0.4 is 10.6 Å². The molecule has 4 fully saturated rings. The predicted octanol–water partition coefficient (Wildman–Crippen LogP) is 4.94. The molecule has 2 aromatic carbocycles. The number of para-hydroxylation sites is 2. The van der Waals surface area contributed by atoms with Crippen LogP contribution in [0.15, 0.2) is 54.7 Å². The fourth-order valence-corrected chi connectivity index (χ4v) is 9.22. The van der Waals surface area contributed by atoms with Crippen molar-refractivity contribution in [2.75, 3.05) is 13.3 Å². The van der Waals surface area contributed by atoms with Crippen molar-refractivity contribution in [2.45, 2.75) is 107 Å². The number of hydrogen-bond acceptors (Lipinski definition) is 8. The molecule has 0 unspecified atom stereocenters. The largest absolute Gasteiger partial charge is 0.459 e. The van der Waals surface area contributed by atoms with Crippen LogP contribution >= 0.6 is 0 Å². The Kier molecular flexibility index (Phi) is 9.70.